The molecule has 1 aromatic carbocycles. The van der Waals surface area contributed by atoms with Gasteiger partial charge in [-0.25, -0.2) is 4.39 Å². The summed E-state index contributed by atoms with van der Waals surface area (Å²) in [5.74, 6) is -0.173. The number of halogens is 1. The molecule has 0 aliphatic rings. The van der Waals surface area contributed by atoms with E-state index >= 15 is 0 Å². The maximum absolute atomic E-state index is 12.9. The molecule has 5 heteroatoms. The average Bonchev–Trinajstić information content (AvgIpc) is 2.05. The van der Waals surface area contributed by atoms with Crippen molar-refractivity contribution < 1.29 is 18.8 Å². The Bertz CT molecular complexity index is 267. The van der Waals surface area contributed by atoms with E-state index in [1.807, 2.05) is 0 Å². The molecule has 1 rings (SSSR count). The molecule has 63 valence electrons. The highest BCUT2D eigenvalue weighted by molar-refractivity contribution is 6.17. The molecule has 0 heterocycles. The molecule has 3 nitrogen and oxygen atoms in total. The van der Waals surface area contributed by atoms with E-state index < -0.39 is 5.82 Å². The molecule has 0 saturated heterocycles. The first kappa shape index (κ1) is 8.87. The number of rotatable bonds is 3. The molecule has 12 heavy (non-hydrogen) atoms. The molecule has 1 aromatic rings. The summed E-state index contributed by atoms with van der Waals surface area (Å²) in [7, 11) is 1.86. The predicted molar refractivity (Wildman–Crippen MR) is 41.6 cm³/mol. The highest BCUT2D eigenvalue weighted by Gasteiger charge is 2.03. The van der Waals surface area contributed by atoms with E-state index in [0.717, 1.165) is 6.07 Å². The van der Waals surface area contributed by atoms with Crippen LogP contribution in [0, 0.1) is 5.82 Å². The highest BCUT2D eigenvalue weighted by atomic mass is 19.1. The minimum atomic E-state index is -0.531. The Kier molecular flexibility index (Phi) is 2.93. The van der Waals surface area contributed by atoms with Crippen LogP contribution in [0.3, 0.4) is 0 Å². The van der Waals surface area contributed by atoms with Crippen LogP contribution < -0.4 is 9.39 Å². The normalized spacial score (nSPS) is 9.25. The summed E-state index contributed by atoms with van der Waals surface area (Å²) in [5, 5.41) is 8.24. The molecule has 0 spiro atoms. The van der Waals surface area contributed by atoms with Crippen LogP contribution in [0.2, 0.25) is 0 Å². The minimum Gasteiger partial charge on any atom is -0.537 e. The lowest BCUT2D eigenvalue weighted by Gasteiger charge is -2.04. The van der Waals surface area contributed by atoms with Gasteiger partial charge in [0.2, 0.25) is 0 Å². The number of hydrogen-bond acceptors (Lipinski definition) is 3. The summed E-state index contributed by atoms with van der Waals surface area (Å²) < 4.78 is 22.1. The Morgan fingerprint density at radius 3 is 2.75 bits per heavy atom. The van der Waals surface area contributed by atoms with Crippen molar-refractivity contribution in [2.24, 2.45) is 0 Å². The summed E-state index contributed by atoms with van der Waals surface area (Å²) in [6.07, 6.45) is 0. The van der Waals surface area contributed by atoms with Crippen molar-refractivity contribution in [3.63, 3.8) is 0 Å². The zero-order valence-electron chi connectivity index (χ0n) is 6.45. The van der Waals surface area contributed by atoms with Crippen LogP contribution in [0.5, 0.6) is 11.5 Å². The first-order valence-electron chi connectivity index (χ1n) is 3.24. The fourth-order valence-electron chi connectivity index (χ4n) is 0.781. The molecule has 0 aromatic heterocycles. The second kappa shape index (κ2) is 3.97. The third-order valence-corrected chi connectivity index (χ3v) is 1.31. The molecule has 0 fully saturated rings. The molecule has 0 aliphatic carbocycles. The maximum atomic E-state index is 12.9. The molecule has 0 bridgehead atoms. The molecular weight excluding hydrogens is 162 g/mol. The van der Waals surface area contributed by atoms with Crippen molar-refractivity contribution in [3.05, 3.63) is 24.0 Å². The second-order valence-corrected chi connectivity index (χ2v) is 2.02. The summed E-state index contributed by atoms with van der Waals surface area (Å²) in [6, 6.07) is 4.01. The van der Waals surface area contributed by atoms with Crippen LogP contribution in [-0.2, 0) is 0 Å². The number of hydrogen-bond donors (Lipinski definition) is 1. The molecule has 0 amide bonds. The molecule has 0 atom stereocenters. The number of methoxy groups -OCH3 is 1. The van der Waals surface area contributed by atoms with Crippen LogP contribution >= 0.6 is 0 Å². The standard InChI is InChI=1S/C7H7BFO3/c1-11-7-3-2-5(12-8-10)4-6(7)9/h2-4,10H,1H3. The average molecular weight is 169 g/mol. The SMILES string of the molecule is COc1ccc(O[B]O)cc1F. The van der Waals surface area contributed by atoms with Crippen LogP contribution in [0.25, 0.3) is 0 Å². The predicted octanol–water partition coefficient (Wildman–Crippen LogP) is 0.740. The van der Waals surface area contributed by atoms with Gasteiger partial charge in [-0.15, -0.1) is 0 Å². The Morgan fingerprint density at radius 2 is 2.25 bits per heavy atom. The monoisotopic (exact) mass is 169 g/mol. The van der Waals surface area contributed by atoms with Crippen LogP contribution in [-0.4, -0.2) is 19.8 Å². The van der Waals surface area contributed by atoms with Crippen molar-refractivity contribution in [2.75, 3.05) is 7.11 Å². The Hall–Kier alpha value is -1.23. The topological polar surface area (TPSA) is 38.7 Å². The summed E-state index contributed by atoms with van der Waals surface area (Å²) in [6.45, 7) is 0. The summed E-state index contributed by atoms with van der Waals surface area (Å²) in [4.78, 5) is 0. The van der Waals surface area contributed by atoms with Gasteiger partial charge in [-0.3, -0.25) is 0 Å². The van der Waals surface area contributed by atoms with Gasteiger partial charge < -0.3 is 14.4 Å². The molecule has 0 unspecified atom stereocenters. The van der Waals surface area contributed by atoms with Crippen LogP contribution in [0.15, 0.2) is 18.2 Å². The van der Waals surface area contributed by atoms with Gasteiger partial charge in [0.05, 0.1) is 7.11 Å². The Labute approximate surface area is 70.0 Å². The largest absolute Gasteiger partial charge is 0.569 e. The molecule has 0 aliphatic heterocycles. The van der Waals surface area contributed by atoms with Crippen molar-refractivity contribution >= 4 is 7.69 Å². The Balaban J connectivity index is 2.86. The van der Waals surface area contributed by atoms with Gasteiger partial charge in [0.1, 0.15) is 5.75 Å². The van der Waals surface area contributed by atoms with Crippen LogP contribution in [0.4, 0.5) is 4.39 Å². The quantitative estimate of drug-likeness (QED) is 0.678. The van der Waals surface area contributed by atoms with Crippen LogP contribution in [0.1, 0.15) is 0 Å². The lowest BCUT2D eigenvalue weighted by atomic mass is 10.3. The van der Waals surface area contributed by atoms with E-state index in [-0.39, 0.29) is 11.5 Å². The zero-order valence-corrected chi connectivity index (χ0v) is 6.45. The minimum absolute atomic E-state index is 0.139. The maximum Gasteiger partial charge on any atom is 0.569 e. The van der Waals surface area contributed by atoms with E-state index in [0.29, 0.717) is 7.69 Å². The van der Waals surface area contributed by atoms with Crippen molar-refractivity contribution in [3.8, 4) is 11.5 Å². The van der Waals surface area contributed by atoms with Gasteiger partial charge in [0, 0.05) is 6.07 Å². The number of benzene rings is 1. The number of ether oxygens (including phenoxy) is 1. The van der Waals surface area contributed by atoms with E-state index in [9.17, 15) is 4.39 Å². The van der Waals surface area contributed by atoms with Gasteiger partial charge in [-0.2, -0.15) is 0 Å². The fourth-order valence-corrected chi connectivity index (χ4v) is 0.781. The van der Waals surface area contributed by atoms with Gasteiger partial charge in [0.15, 0.2) is 11.6 Å². The molecule has 0 saturated carbocycles. The molecule has 1 radical (unpaired) electrons. The fraction of sp³-hybridized carbons (Fsp3) is 0.143. The zero-order chi connectivity index (χ0) is 8.97. The molecule has 1 N–H and O–H groups in total. The smallest absolute Gasteiger partial charge is 0.537 e. The first-order chi connectivity index (χ1) is 5.77. The van der Waals surface area contributed by atoms with E-state index in [1.165, 1.54) is 19.2 Å². The van der Waals surface area contributed by atoms with E-state index in [1.54, 1.807) is 0 Å². The van der Waals surface area contributed by atoms with Crippen molar-refractivity contribution in [1.82, 2.24) is 0 Å². The van der Waals surface area contributed by atoms with Gasteiger partial charge in [-0.1, -0.05) is 0 Å². The van der Waals surface area contributed by atoms with Gasteiger partial charge in [-0.05, 0) is 12.1 Å². The first-order valence-corrected chi connectivity index (χ1v) is 3.24. The third kappa shape index (κ3) is 1.89. The molecular formula is C7H7BFO3. The summed E-state index contributed by atoms with van der Waals surface area (Å²) >= 11 is 0. The highest BCUT2D eigenvalue weighted by Crippen LogP contribution is 2.21. The third-order valence-electron chi connectivity index (χ3n) is 1.31. The van der Waals surface area contributed by atoms with Crippen molar-refractivity contribution in [2.45, 2.75) is 0 Å². The summed E-state index contributed by atoms with van der Waals surface area (Å²) in [5.41, 5.74) is 0. The van der Waals surface area contributed by atoms with E-state index in [2.05, 4.69) is 9.39 Å². The second-order valence-electron chi connectivity index (χ2n) is 2.02. The van der Waals surface area contributed by atoms with E-state index in [4.69, 9.17) is 5.02 Å². The Morgan fingerprint density at radius 1 is 1.50 bits per heavy atom. The van der Waals surface area contributed by atoms with Gasteiger partial charge >= 0.3 is 7.69 Å². The lowest BCUT2D eigenvalue weighted by Crippen LogP contribution is -2.00. The van der Waals surface area contributed by atoms with Crippen molar-refractivity contribution in [1.29, 1.82) is 0 Å². The lowest BCUT2D eigenvalue weighted by molar-refractivity contribution is 0.383. The van der Waals surface area contributed by atoms with Gasteiger partial charge in [0.25, 0.3) is 0 Å².